The zero-order valence-corrected chi connectivity index (χ0v) is 74.7. The van der Waals surface area contributed by atoms with Gasteiger partial charge in [0.05, 0.1) is 31.4 Å². The maximum Gasteiger partial charge on any atom is 0.396 e. The summed E-state index contributed by atoms with van der Waals surface area (Å²) in [6.45, 7) is 11.1. The van der Waals surface area contributed by atoms with Gasteiger partial charge >= 0.3 is 31.4 Å². The molecule has 15 rings (SSSR count). The van der Waals surface area contributed by atoms with Crippen LogP contribution in [0.2, 0.25) is 0 Å². The molecule has 127 heavy (non-hydrogen) atoms. The molecule has 0 bridgehead atoms. The normalized spacial score (nSPS) is 28.0. The van der Waals surface area contributed by atoms with Gasteiger partial charge in [-0.1, -0.05) is 70.8 Å². The van der Waals surface area contributed by atoms with Crippen molar-refractivity contribution in [3.63, 3.8) is 0 Å². The Morgan fingerprint density at radius 3 is 1.84 bits per heavy atom. The van der Waals surface area contributed by atoms with E-state index in [2.05, 4.69) is 55.3 Å². The molecule has 9 aliphatic rings. The molecule has 6 saturated carbocycles. The van der Waals surface area contributed by atoms with E-state index >= 15 is 0 Å². The van der Waals surface area contributed by atoms with Crippen LogP contribution in [0.4, 0.5) is 23.3 Å². The second-order valence-electron chi connectivity index (χ2n) is 33.9. The highest BCUT2D eigenvalue weighted by atomic mass is 35.5. The lowest BCUT2D eigenvalue weighted by Crippen LogP contribution is -2.60. The molecule has 15 atom stereocenters. The number of nitro groups is 1. The molecule has 686 valence electrons. The molecule has 6 aromatic rings. The van der Waals surface area contributed by atoms with Gasteiger partial charge in [0.2, 0.25) is 12.3 Å². The number of fused-ring (bicyclic) bond motifs is 12. The average Bonchev–Trinajstić information content (AvgIpc) is 1.61. The molecule has 7 fully saturated rings. The van der Waals surface area contributed by atoms with Crippen LogP contribution in [0.15, 0.2) is 107 Å². The maximum absolute atomic E-state index is 13.3. The fourth-order valence-electron chi connectivity index (χ4n) is 19.7. The Kier molecular flexibility index (Phi) is 32.4. The van der Waals surface area contributed by atoms with Gasteiger partial charge in [-0.05, 0) is 165 Å². The number of hydrogen-bond donors (Lipinski definition) is 13. The Morgan fingerprint density at radius 1 is 0.780 bits per heavy atom. The Balaban J connectivity index is 0.000000165. The molecule has 8 aliphatic carbocycles. The summed E-state index contributed by atoms with van der Waals surface area (Å²) in [7, 11) is 0.662. The van der Waals surface area contributed by atoms with Crippen molar-refractivity contribution in [1.82, 2.24) is 64.5 Å². The summed E-state index contributed by atoms with van der Waals surface area (Å²) < 4.78 is 20.8. The second-order valence-corrected chi connectivity index (χ2v) is 37.8. The number of ketones is 6. The number of H-pyrrole nitrogens is 1. The summed E-state index contributed by atoms with van der Waals surface area (Å²) in [5, 5.41) is 84.2. The van der Waals surface area contributed by atoms with Gasteiger partial charge < -0.3 is 87.4 Å². The van der Waals surface area contributed by atoms with E-state index in [4.69, 9.17) is 55.1 Å². The number of carbonyl (C=O) groups is 10. The summed E-state index contributed by atoms with van der Waals surface area (Å²) >= 11 is 12.4. The van der Waals surface area contributed by atoms with Gasteiger partial charge in [0, 0.05) is 109 Å². The van der Waals surface area contributed by atoms with Crippen LogP contribution in [0.25, 0.3) is 22.3 Å². The third kappa shape index (κ3) is 21.1. The zero-order valence-electron chi connectivity index (χ0n) is 71.4. The number of carboxylic acid groups (broad SMARTS) is 3. The number of aromatic nitrogens is 10. The summed E-state index contributed by atoms with van der Waals surface area (Å²) in [4.78, 5) is 167. The number of rotatable bonds is 25. The van der Waals surface area contributed by atoms with E-state index in [9.17, 15) is 88.2 Å². The van der Waals surface area contributed by atoms with Crippen LogP contribution in [-0.4, -0.2) is 235 Å². The number of aliphatic carboxylic acids is 3. The number of imidazole rings is 2. The molecular formula is C84H109Cl2N18O21PS. The van der Waals surface area contributed by atoms with Crippen LogP contribution >= 0.6 is 42.6 Å². The molecule has 16 N–H and O–H groups in total. The van der Waals surface area contributed by atoms with Crippen molar-refractivity contribution in [3.05, 3.63) is 118 Å². The highest BCUT2D eigenvalue weighted by Crippen LogP contribution is 2.68. The minimum atomic E-state index is -2.84. The first kappa shape index (κ1) is 99.1. The number of carboxylic acids is 3. The molecule has 5 aromatic heterocycles. The van der Waals surface area contributed by atoms with Crippen molar-refractivity contribution in [1.29, 1.82) is 0 Å². The molecule has 39 nitrogen and oxygen atoms in total. The topological polar surface area (TPSA) is 614 Å². The van der Waals surface area contributed by atoms with E-state index in [1.54, 1.807) is 58.9 Å². The van der Waals surface area contributed by atoms with Crippen molar-refractivity contribution >= 4 is 147 Å². The predicted octanol–water partition coefficient (Wildman–Crippen LogP) is 7.42. The van der Waals surface area contributed by atoms with Crippen LogP contribution in [0.3, 0.4) is 0 Å². The van der Waals surface area contributed by atoms with Crippen molar-refractivity contribution in [2.45, 2.75) is 177 Å². The third-order valence-electron chi connectivity index (χ3n) is 26.3. The summed E-state index contributed by atoms with van der Waals surface area (Å²) in [5.41, 5.74) is 16.3. The number of aliphatic hydroxyl groups excluding tert-OH is 2. The number of benzene rings is 1. The first-order valence-corrected chi connectivity index (χ1v) is 45.1. The smallest absolute Gasteiger partial charge is 0.396 e. The van der Waals surface area contributed by atoms with Crippen LogP contribution in [0.5, 0.6) is 0 Å². The number of halogens is 2. The van der Waals surface area contributed by atoms with E-state index in [1.165, 1.54) is 31.1 Å². The number of nitrogens with zero attached hydrogens (tertiary/aromatic N) is 12. The number of aliphatic hydroxyl groups is 4. The highest BCUT2D eigenvalue weighted by Gasteiger charge is 2.70. The first-order valence-electron chi connectivity index (χ1n) is 41.7. The van der Waals surface area contributed by atoms with Crippen molar-refractivity contribution in [3.8, 4) is 0 Å². The summed E-state index contributed by atoms with van der Waals surface area (Å²) in [6.07, 6.45) is 24.3. The number of aromatic amines is 1. The van der Waals surface area contributed by atoms with Gasteiger partial charge in [-0.2, -0.15) is 9.97 Å². The lowest BCUT2D eigenvalue weighted by molar-refractivity contribution is -0.392. The van der Waals surface area contributed by atoms with E-state index in [0.717, 1.165) is 80.1 Å². The van der Waals surface area contributed by atoms with E-state index in [-0.39, 0.29) is 107 Å². The van der Waals surface area contributed by atoms with Crippen LogP contribution in [-0.2, 0) is 65.8 Å². The van der Waals surface area contributed by atoms with Crippen molar-refractivity contribution in [2.75, 3.05) is 74.6 Å². The number of nitrogen functional groups attached to an aromatic ring is 2. The number of carbonyl (C=O) groups excluding carboxylic acids is 7. The lowest BCUT2D eigenvalue weighted by atomic mass is 9.46. The number of nitrogens with one attached hydrogen (secondary N) is 3. The number of unbranched alkanes of at least 4 members (excludes halogenated alkanes) is 1. The van der Waals surface area contributed by atoms with Gasteiger partial charge in [-0.15, -0.1) is 23.2 Å². The van der Waals surface area contributed by atoms with E-state index < -0.39 is 106 Å². The third-order valence-corrected chi connectivity index (χ3v) is 30.1. The van der Waals surface area contributed by atoms with Crippen LogP contribution in [0, 0.1) is 67.3 Å². The summed E-state index contributed by atoms with van der Waals surface area (Å²) in [5.74, 6) is -4.34. The SMILES string of the molecule is CCCCC(N)C(=O)O.CN(Cc1cnc2nc(N)nc(N)c2n1)c1ccc(C(=O)N[C@@H](CCC(=O)O)C(=O)O)cc1.C[C@]12C=CC(=O)C=C1CC[C@@H]1[C@@H]2C(=O)C[C@@]2(C)[C@H]1CC[C@]2(O)C(=O)CO.C[C@]12C=CC(=O)C=C1CC[C@@H]1[C@@H]2C(=O)C[C@@]2(C)[C@H]1CC[C@]2(O)C(=O)CO.Cn1cnc([N+](=O)[O-])c1Sc1ncnc2nc[nH]c12.O=P1(N(CCCl)CCCl)NCCCO1. The van der Waals surface area contributed by atoms with Crippen LogP contribution < -0.4 is 32.5 Å². The van der Waals surface area contributed by atoms with Crippen molar-refractivity contribution in [2.24, 2.45) is 69.9 Å². The van der Waals surface area contributed by atoms with E-state index in [0.29, 0.717) is 108 Å². The van der Waals surface area contributed by atoms with Crippen LogP contribution in [0.1, 0.15) is 153 Å². The number of alkyl halides is 2. The van der Waals surface area contributed by atoms with E-state index in [1.807, 2.05) is 58.7 Å². The molecule has 43 heteroatoms. The monoisotopic (exact) mass is 1840 g/mol. The number of aryl methyl sites for hydroxylation is 1. The van der Waals surface area contributed by atoms with Gasteiger partial charge in [0.1, 0.15) is 64.9 Å². The number of Topliss-reactive ketones (excluding diaryl/α,β-unsaturated/α-hetero) is 4. The van der Waals surface area contributed by atoms with Gasteiger partial charge in [0.25, 0.3) is 5.91 Å². The fourth-order valence-corrected chi connectivity index (χ4v) is 23.2. The fraction of sp³-hybridized carbons (Fsp3) is 0.548. The van der Waals surface area contributed by atoms with Gasteiger partial charge in [-0.3, -0.25) is 47.7 Å². The maximum atomic E-state index is 13.3. The lowest BCUT2D eigenvalue weighted by Gasteiger charge is -2.56. The number of hydrogen-bond acceptors (Lipinski definition) is 31. The summed E-state index contributed by atoms with van der Waals surface area (Å²) in [6, 6.07) is 4.50. The Labute approximate surface area is 745 Å². The molecule has 1 saturated heterocycles. The molecule has 0 spiro atoms. The molecule has 1 amide bonds. The Bertz CT molecular complexity index is 5210. The largest absolute Gasteiger partial charge is 0.481 e. The first-order chi connectivity index (χ1) is 60.0. The average molecular weight is 1840 g/mol. The molecular weight excluding hydrogens is 1730 g/mol. The standard InChI is InChI=1S/2C21H26O5.C20H22N8O5.C9H7N7O2S.C7H15Cl2N2O2P.C6H13NO2/c2*1-19-7-5-13(23)9-12(19)3-4-14-15-6-8-21(26,17(25)11-22)20(15,2)10-16(24)18(14)19;1-28(9-11-8-23-17-15(24-11)16(21)26-20(22)27-17)12-4-2-10(3-5-12)18(31)25-13(19(32)33)6-7-14(29)30;1-15-4-14-7(16(17)18)9(15)19-8-5-6(11-2-10-5)12-3-13-8;8-2-5-11(6-3-9)14(12)10-4-1-7-13-14;1-2-3-4-5(7)6(8)9/h2*5,7,9,14-15,18,22,26H,3-4,6,8,10-11H2,1-2H3;2-5,8,13H,6-7,9H2,1H3,(H,25,31)(H,29,30)(H,32,33)(H4,21,22,23,26,27);2-4H,1H3,(H,10,11,12,13);1-7H2,(H,10,12);5H,2-4,7H2,1H3,(H,8,9)/t2*14-,15-,18+,19-,20-,21-;13-;;;/m000.../s1. The quantitative estimate of drug-likeness (QED) is 0.00871. The highest BCUT2D eigenvalue weighted by molar-refractivity contribution is 7.99. The second kappa shape index (κ2) is 41.6. The Morgan fingerprint density at radius 2 is 1.35 bits per heavy atom. The predicted molar refractivity (Wildman–Crippen MR) is 466 cm³/mol. The number of amides is 1. The molecule has 1 aliphatic heterocycles. The molecule has 2 unspecified atom stereocenters. The minimum Gasteiger partial charge on any atom is -0.481 e. The number of nitrogens with two attached hydrogens (primary N) is 3. The molecule has 6 heterocycles. The number of allylic oxidation sites excluding steroid dienone is 8. The zero-order chi connectivity index (χ0) is 93.1. The van der Waals surface area contributed by atoms with Gasteiger partial charge in [-0.25, -0.2) is 39.5 Å². The Hall–Kier alpha value is -10.1. The minimum absolute atomic E-state index is 0.0138. The number of anilines is 3. The molecule has 1 aromatic carbocycles. The molecule has 0 radical (unpaired) electrons. The van der Waals surface area contributed by atoms with Gasteiger partial charge in [0.15, 0.2) is 50.8 Å². The van der Waals surface area contributed by atoms with Crippen molar-refractivity contribution < 1.29 is 97.7 Å².